The first kappa shape index (κ1) is 11.7. The molecule has 0 aromatic heterocycles. The molecule has 14 heavy (non-hydrogen) atoms. The number of carbonyl (C=O) groups excluding carboxylic acids is 1. The van der Waals surface area contributed by atoms with E-state index in [0.29, 0.717) is 0 Å². The minimum Gasteiger partial charge on any atom is -0.394 e. The van der Waals surface area contributed by atoms with Crippen LogP contribution in [0.25, 0.3) is 0 Å². The molecule has 0 spiro atoms. The normalized spacial score (nSPS) is 37.1. The lowest BCUT2D eigenvalue weighted by molar-refractivity contribution is -0.125. The highest BCUT2D eigenvalue weighted by Gasteiger charge is 2.42. The summed E-state index contributed by atoms with van der Waals surface area (Å²) in [5.41, 5.74) is 0. The van der Waals surface area contributed by atoms with E-state index in [2.05, 4.69) is 5.32 Å². The van der Waals surface area contributed by atoms with Crippen LogP contribution in [0.2, 0.25) is 0 Å². The lowest BCUT2D eigenvalue weighted by Gasteiger charge is -2.15. The second kappa shape index (κ2) is 4.90. The molecule has 1 saturated heterocycles. The Balaban J connectivity index is 2.52. The van der Waals surface area contributed by atoms with Crippen LogP contribution in [-0.2, 0) is 9.53 Å². The smallest absolute Gasteiger partial charge is 0.236 e. The molecular weight excluding hydrogens is 214 g/mol. The van der Waals surface area contributed by atoms with Crippen LogP contribution < -0.4 is 5.32 Å². The van der Waals surface area contributed by atoms with Crippen LogP contribution in [0.15, 0.2) is 0 Å². The molecule has 6 nitrogen and oxygen atoms in total. The summed E-state index contributed by atoms with van der Waals surface area (Å²) in [5.74, 6) is -0.770. The van der Waals surface area contributed by atoms with Crippen molar-refractivity contribution in [2.45, 2.75) is 24.5 Å². The van der Waals surface area contributed by atoms with Crippen molar-refractivity contribution in [3.05, 3.63) is 0 Å². The van der Waals surface area contributed by atoms with Gasteiger partial charge in [0.15, 0.2) is 6.23 Å². The predicted molar refractivity (Wildman–Crippen MR) is 46.6 cm³/mol. The van der Waals surface area contributed by atoms with E-state index in [4.69, 9.17) is 21.4 Å². The molecule has 0 aromatic rings. The van der Waals surface area contributed by atoms with Gasteiger partial charge in [0.2, 0.25) is 5.91 Å². The number of aliphatic hydroxyl groups is 3. The summed E-state index contributed by atoms with van der Waals surface area (Å²) in [6.07, 6.45) is -4.36. The molecule has 1 rings (SSSR count). The van der Waals surface area contributed by atoms with Crippen LogP contribution in [0, 0.1) is 0 Å². The average Bonchev–Trinajstić information content (AvgIpc) is 2.45. The fourth-order valence-corrected chi connectivity index (χ4v) is 1.29. The van der Waals surface area contributed by atoms with Gasteiger partial charge in [-0.1, -0.05) is 0 Å². The van der Waals surface area contributed by atoms with E-state index in [1.54, 1.807) is 0 Å². The first-order chi connectivity index (χ1) is 6.60. The molecule has 0 unspecified atom stereocenters. The summed E-state index contributed by atoms with van der Waals surface area (Å²) >= 11 is 5.22. The summed E-state index contributed by atoms with van der Waals surface area (Å²) in [4.78, 5) is 10.8. The maximum Gasteiger partial charge on any atom is 0.236 e. The SMILES string of the molecule is O=C(CCl)N[C@H]1O[C@@H](CO)[C@H](O)[C@H]1O. The van der Waals surface area contributed by atoms with Crippen molar-refractivity contribution in [1.82, 2.24) is 5.32 Å². The number of rotatable bonds is 3. The Morgan fingerprint density at radius 2 is 2.07 bits per heavy atom. The number of alkyl halides is 1. The zero-order valence-electron chi connectivity index (χ0n) is 7.26. The number of hydrogen-bond acceptors (Lipinski definition) is 5. The molecule has 1 aliphatic rings. The van der Waals surface area contributed by atoms with E-state index in [1.165, 1.54) is 0 Å². The van der Waals surface area contributed by atoms with Gasteiger partial charge in [0.1, 0.15) is 24.2 Å². The summed E-state index contributed by atoms with van der Waals surface area (Å²) < 4.78 is 4.97. The second-order valence-electron chi connectivity index (χ2n) is 2.96. The van der Waals surface area contributed by atoms with Crippen molar-refractivity contribution >= 4 is 17.5 Å². The lowest BCUT2D eigenvalue weighted by Crippen LogP contribution is -2.44. The Morgan fingerprint density at radius 3 is 2.50 bits per heavy atom. The zero-order valence-corrected chi connectivity index (χ0v) is 8.02. The topological polar surface area (TPSA) is 99.0 Å². The average molecular weight is 226 g/mol. The van der Waals surface area contributed by atoms with E-state index >= 15 is 0 Å². The van der Waals surface area contributed by atoms with Crippen LogP contribution in [0.1, 0.15) is 0 Å². The quantitative estimate of drug-likeness (QED) is 0.408. The number of halogens is 1. The van der Waals surface area contributed by atoms with Crippen molar-refractivity contribution < 1.29 is 24.9 Å². The summed E-state index contributed by atoms with van der Waals surface area (Å²) in [5, 5.41) is 29.6. The van der Waals surface area contributed by atoms with E-state index in [1.807, 2.05) is 0 Å². The fraction of sp³-hybridized carbons (Fsp3) is 0.857. The van der Waals surface area contributed by atoms with Crippen molar-refractivity contribution in [2.24, 2.45) is 0 Å². The highest BCUT2D eigenvalue weighted by atomic mass is 35.5. The standard InChI is InChI=1S/C7H12ClNO5/c8-1-4(11)9-7-6(13)5(12)3(2-10)14-7/h3,5-7,10,12-13H,1-2H2,(H,9,11)/t3-,5-,6+,7-/m0/s1. The Hall–Kier alpha value is -0.400. The summed E-state index contributed by atoms with van der Waals surface area (Å²) in [6.45, 7) is -0.425. The molecule has 0 aromatic carbocycles. The first-order valence-electron chi connectivity index (χ1n) is 4.08. The van der Waals surface area contributed by atoms with Gasteiger partial charge >= 0.3 is 0 Å². The monoisotopic (exact) mass is 225 g/mol. The number of nitrogens with one attached hydrogen (secondary N) is 1. The molecule has 0 radical (unpaired) electrons. The zero-order chi connectivity index (χ0) is 10.7. The second-order valence-corrected chi connectivity index (χ2v) is 3.23. The van der Waals surface area contributed by atoms with E-state index in [-0.39, 0.29) is 5.88 Å². The molecule has 1 heterocycles. The molecule has 1 aliphatic heterocycles. The van der Waals surface area contributed by atoms with Crippen LogP contribution in [0.5, 0.6) is 0 Å². The third-order valence-electron chi connectivity index (χ3n) is 1.97. The third kappa shape index (κ3) is 2.34. The molecular formula is C7H12ClNO5. The highest BCUT2D eigenvalue weighted by molar-refractivity contribution is 6.27. The van der Waals surface area contributed by atoms with Crippen LogP contribution in [-0.4, -0.2) is 58.3 Å². The Bertz CT molecular complexity index is 214. The number of hydrogen-bond donors (Lipinski definition) is 4. The van der Waals surface area contributed by atoms with Gasteiger partial charge in [0.25, 0.3) is 0 Å². The number of amides is 1. The molecule has 1 fully saturated rings. The van der Waals surface area contributed by atoms with E-state index < -0.39 is 37.1 Å². The number of aliphatic hydroxyl groups excluding tert-OH is 3. The Kier molecular flexibility index (Phi) is 4.09. The lowest BCUT2D eigenvalue weighted by atomic mass is 10.1. The molecule has 4 atom stereocenters. The summed E-state index contributed by atoms with van der Waals surface area (Å²) in [7, 11) is 0. The Labute approximate surface area is 85.4 Å². The largest absolute Gasteiger partial charge is 0.394 e. The van der Waals surface area contributed by atoms with Crippen LogP contribution in [0.3, 0.4) is 0 Å². The summed E-state index contributed by atoms with van der Waals surface area (Å²) in [6, 6.07) is 0. The molecule has 1 amide bonds. The molecule has 0 bridgehead atoms. The van der Waals surface area contributed by atoms with Gasteiger partial charge in [0.05, 0.1) is 6.61 Å². The van der Waals surface area contributed by atoms with Gasteiger partial charge in [-0.25, -0.2) is 0 Å². The van der Waals surface area contributed by atoms with Gasteiger partial charge < -0.3 is 25.4 Å². The van der Waals surface area contributed by atoms with E-state index in [9.17, 15) is 15.0 Å². The van der Waals surface area contributed by atoms with Crippen molar-refractivity contribution in [1.29, 1.82) is 0 Å². The molecule has 82 valence electrons. The van der Waals surface area contributed by atoms with Gasteiger partial charge in [-0.2, -0.15) is 0 Å². The molecule has 0 aliphatic carbocycles. The minimum atomic E-state index is -1.25. The minimum absolute atomic E-state index is 0.257. The van der Waals surface area contributed by atoms with Gasteiger partial charge in [-0.15, -0.1) is 11.6 Å². The molecule has 0 saturated carbocycles. The van der Waals surface area contributed by atoms with Crippen molar-refractivity contribution in [2.75, 3.05) is 12.5 Å². The number of ether oxygens (including phenoxy) is 1. The van der Waals surface area contributed by atoms with Gasteiger partial charge in [-0.05, 0) is 0 Å². The van der Waals surface area contributed by atoms with Gasteiger partial charge in [0, 0.05) is 0 Å². The highest BCUT2D eigenvalue weighted by Crippen LogP contribution is 2.19. The predicted octanol–water partition coefficient (Wildman–Crippen LogP) is -2.22. The first-order valence-corrected chi connectivity index (χ1v) is 4.61. The van der Waals surface area contributed by atoms with E-state index in [0.717, 1.165) is 0 Å². The van der Waals surface area contributed by atoms with Gasteiger partial charge in [-0.3, -0.25) is 4.79 Å². The van der Waals surface area contributed by atoms with Crippen LogP contribution >= 0.6 is 11.6 Å². The maximum absolute atomic E-state index is 10.8. The maximum atomic E-state index is 10.8. The Morgan fingerprint density at radius 1 is 1.43 bits per heavy atom. The number of carbonyl (C=O) groups is 1. The van der Waals surface area contributed by atoms with Crippen LogP contribution in [0.4, 0.5) is 0 Å². The van der Waals surface area contributed by atoms with Crippen molar-refractivity contribution in [3.63, 3.8) is 0 Å². The van der Waals surface area contributed by atoms with Crippen molar-refractivity contribution in [3.8, 4) is 0 Å². The third-order valence-corrected chi connectivity index (χ3v) is 2.21. The molecule has 4 N–H and O–H groups in total. The molecule has 7 heteroatoms. The fourth-order valence-electron chi connectivity index (χ4n) is 1.22.